The Morgan fingerprint density at radius 1 is 0.750 bits per heavy atom. The van der Waals surface area contributed by atoms with E-state index in [0.717, 1.165) is 0 Å². The molecule has 2 nitrogen and oxygen atoms in total. The monoisotopic (exact) mass is 215 g/mol. The first kappa shape index (κ1) is 12.1. The number of para-hydroxylation sites is 2. The molecular weight excluding hydrogens is 198 g/mol. The van der Waals surface area contributed by atoms with E-state index in [1.165, 1.54) is 5.69 Å². The van der Waals surface area contributed by atoms with Crippen LogP contribution in [0.2, 0.25) is 0 Å². The molecule has 0 aromatic heterocycles. The molecular formula is C14H17NO. The van der Waals surface area contributed by atoms with Crippen molar-refractivity contribution < 1.29 is 5.11 Å². The molecule has 0 unspecified atom stereocenters. The zero-order chi connectivity index (χ0) is 11.8. The third kappa shape index (κ3) is 4.51. The van der Waals surface area contributed by atoms with Gasteiger partial charge in [-0.25, -0.2) is 0 Å². The molecule has 0 aliphatic heterocycles. The van der Waals surface area contributed by atoms with Crippen molar-refractivity contribution in [3.8, 4) is 5.75 Å². The van der Waals surface area contributed by atoms with Crippen molar-refractivity contribution in [2.24, 2.45) is 0 Å². The summed E-state index contributed by atoms with van der Waals surface area (Å²) in [6.07, 6.45) is 0. The molecule has 0 heterocycles. The molecule has 2 aromatic carbocycles. The summed E-state index contributed by atoms with van der Waals surface area (Å²) in [5.74, 6) is 0.322. The second-order valence-corrected chi connectivity index (χ2v) is 3.57. The summed E-state index contributed by atoms with van der Waals surface area (Å²) < 4.78 is 0. The van der Waals surface area contributed by atoms with Crippen molar-refractivity contribution >= 4 is 5.69 Å². The Morgan fingerprint density at radius 2 is 1.19 bits per heavy atom. The predicted octanol–water partition coefficient (Wildman–Crippen LogP) is 3.14. The number of hydrogen-bond acceptors (Lipinski definition) is 2. The highest BCUT2D eigenvalue weighted by Crippen LogP contribution is 2.07. The number of benzene rings is 2. The molecule has 0 saturated heterocycles. The zero-order valence-electron chi connectivity index (χ0n) is 9.67. The van der Waals surface area contributed by atoms with Crippen molar-refractivity contribution in [3.05, 3.63) is 60.7 Å². The van der Waals surface area contributed by atoms with Crippen LogP contribution >= 0.6 is 0 Å². The Balaban J connectivity index is 0.000000165. The van der Waals surface area contributed by atoms with Gasteiger partial charge in [0.05, 0.1) is 0 Å². The zero-order valence-corrected chi connectivity index (χ0v) is 9.67. The van der Waals surface area contributed by atoms with Gasteiger partial charge in [-0.05, 0) is 24.3 Å². The van der Waals surface area contributed by atoms with Gasteiger partial charge in [0.15, 0.2) is 0 Å². The van der Waals surface area contributed by atoms with Crippen LogP contribution in [0.25, 0.3) is 0 Å². The minimum absolute atomic E-state index is 0.322. The van der Waals surface area contributed by atoms with Crippen molar-refractivity contribution in [1.82, 2.24) is 0 Å². The highest BCUT2D eigenvalue weighted by molar-refractivity contribution is 5.43. The fourth-order valence-electron chi connectivity index (χ4n) is 1.15. The first-order chi connectivity index (χ1) is 7.70. The third-order valence-electron chi connectivity index (χ3n) is 2.03. The second-order valence-electron chi connectivity index (χ2n) is 3.57. The summed E-state index contributed by atoms with van der Waals surface area (Å²) >= 11 is 0. The maximum absolute atomic E-state index is 8.63. The van der Waals surface area contributed by atoms with E-state index in [2.05, 4.69) is 17.0 Å². The maximum Gasteiger partial charge on any atom is 0.115 e. The Bertz CT molecular complexity index is 384. The van der Waals surface area contributed by atoms with Crippen LogP contribution in [0, 0.1) is 0 Å². The van der Waals surface area contributed by atoms with Gasteiger partial charge in [0, 0.05) is 19.8 Å². The number of nitrogens with zero attached hydrogens (tertiary/aromatic N) is 1. The Labute approximate surface area is 96.8 Å². The van der Waals surface area contributed by atoms with Gasteiger partial charge in [-0.15, -0.1) is 0 Å². The fourth-order valence-corrected chi connectivity index (χ4v) is 1.15. The van der Waals surface area contributed by atoms with E-state index in [4.69, 9.17) is 5.11 Å². The highest BCUT2D eigenvalue weighted by atomic mass is 16.3. The van der Waals surface area contributed by atoms with Crippen molar-refractivity contribution in [2.45, 2.75) is 0 Å². The lowest BCUT2D eigenvalue weighted by molar-refractivity contribution is 0.475. The van der Waals surface area contributed by atoms with E-state index in [1.54, 1.807) is 24.3 Å². The molecule has 0 amide bonds. The summed E-state index contributed by atoms with van der Waals surface area (Å²) in [7, 11) is 4.07. The quantitative estimate of drug-likeness (QED) is 0.790. The highest BCUT2D eigenvalue weighted by Gasteiger charge is 1.87. The van der Waals surface area contributed by atoms with Crippen molar-refractivity contribution in [1.29, 1.82) is 0 Å². The minimum atomic E-state index is 0.322. The van der Waals surface area contributed by atoms with E-state index in [9.17, 15) is 0 Å². The van der Waals surface area contributed by atoms with E-state index < -0.39 is 0 Å². The SMILES string of the molecule is CN(C)c1ccccc1.Oc1ccccc1. The number of rotatable bonds is 1. The number of anilines is 1. The average molecular weight is 215 g/mol. The fraction of sp³-hybridized carbons (Fsp3) is 0.143. The Kier molecular flexibility index (Phi) is 4.93. The lowest BCUT2D eigenvalue weighted by atomic mass is 10.3. The van der Waals surface area contributed by atoms with Gasteiger partial charge < -0.3 is 10.0 Å². The average Bonchev–Trinajstić information content (AvgIpc) is 2.32. The number of hydrogen-bond donors (Lipinski definition) is 1. The van der Waals surface area contributed by atoms with E-state index >= 15 is 0 Å². The van der Waals surface area contributed by atoms with E-state index in [1.807, 2.05) is 38.4 Å². The third-order valence-corrected chi connectivity index (χ3v) is 2.03. The van der Waals surface area contributed by atoms with Crippen molar-refractivity contribution in [3.63, 3.8) is 0 Å². The first-order valence-electron chi connectivity index (χ1n) is 5.16. The van der Waals surface area contributed by atoms with Crippen LogP contribution in [-0.2, 0) is 0 Å². The number of phenolic OH excluding ortho intramolecular Hbond substituents is 1. The normalized spacial score (nSPS) is 8.88. The molecule has 0 bridgehead atoms. The molecule has 0 aliphatic carbocycles. The topological polar surface area (TPSA) is 23.5 Å². The molecule has 2 rings (SSSR count). The van der Waals surface area contributed by atoms with Gasteiger partial charge in [-0.2, -0.15) is 0 Å². The van der Waals surface area contributed by atoms with Crippen LogP contribution in [0.5, 0.6) is 5.75 Å². The summed E-state index contributed by atoms with van der Waals surface area (Å²) in [5.41, 5.74) is 1.25. The van der Waals surface area contributed by atoms with Crippen LogP contribution < -0.4 is 4.90 Å². The van der Waals surface area contributed by atoms with E-state index in [-0.39, 0.29) is 0 Å². The summed E-state index contributed by atoms with van der Waals surface area (Å²) in [5, 5.41) is 8.63. The molecule has 0 atom stereocenters. The standard InChI is InChI=1S/C8H11N.C6H6O/c1-9(2)8-6-4-3-5-7-8;7-6-4-2-1-3-5-6/h3-7H,1-2H3;1-5,7H. The van der Waals surface area contributed by atoms with Crippen LogP contribution in [0.15, 0.2) is 60.7 Å². The van der Waals surface area contributed by atoms with Crippen LogP contribution in [0.1, 0.15) is 0 Å². The van der Waals surface area contributed by atoms with Crippen LogP contribution in [0.3, 0.4) is 0 Å². The molecule has 2 heteroatoms. The maximum atomic E-state index is 8.63. The lowest BCUT2D eigenvalue weighted by Crippen LogP contribution is -2.07. The summed E-state index contributed by atoms with van der Waals surface area (Å²) in [4.78, 5) is 2.08. The molecule has 0 spiro atoms. The molecule has 2 aromatic rings. The predicted molar refractivity (Wildman–Crippen MR) is 68.9 cm³/mol. The van der Waals surface area contributed by atoms with Gasteiger partial charge in [-0.1, -0.05) is 36.4 Å². The molecule has 0 saturated carbocycles. The van der Waals surface area contributed by atoms with E-state index in [0.29, 0.717) is 5.75 Å². The minimum Gasteiger partial charge on any atom is -0.508 e. The Hall–Kier alpha value is -1.96. The lowest BCUT2D eigenvalue weighted by Gasteiger charge is -2.10. The summed E-state index contributed by atoms with van der Waals surface area (Å²) in [6, 6.07) is 19.0. The largest absolute Gasteiger partial charge is 0.508 e. The molecule has 0 fully saturated rings. The molecule has 1 N–H and O–H groups in total. The number of aromatic hydroxyl groups is 1. The summed E-state index contributed by atoms with van der Waals surface area (Å²) in [6.45, 7) is 0. The number of phenols is 1. The molecule has 0 radical (unpaired) electrons. The Morgan fingerprint density at radius 3 is 1.44 bits per heavy atom. The van der Waals surface area contributed by atoms with Crippen molar-refractivity contribution in [2.75, 3.05) is 19.0 Å². The first-order valence-corrected chi connectivity index (χ1v) is 5.16. The van der Waals surface area contributed by atoms with Gasteiger partial charge in [0.2, 0.25) is 0 Å². The smallest absolute Gasteiger partial charge is 0.115 e. The van der Waals surface area contributed by atoms with Crippen LogP contribution in [0.4, 0.5) is 5.69 Å². The molecule has 16 heavy (non-hydrogen) atoms. The van der Waals surface area contributed by atoms with Gasteiger partial charge in [-0.3, -0.25) is 0 Å². The second kappa shape index (κ2) is 6.51. The van der Waals surface area contributed by atoms with Gasteiger partial charge >= 0.3 is 0 Å². The van der Waals surface area contributed by atoms with Gasteiger partial charge in [0.25, 0.3) is 0 Å². The van der Waals surface area contributed by atoms with Crippen LogP contribution in [-0.4, -0.2) is 19.2 Å². The molecule has 0 aliphatic rings. The van der Waals surface area contributed by atoms with Gasteiger partial charge in [0.1, 0.15) is 5.75 Å². The molecule has 84 valence electrons.